The maximum Gasteiger partial charge on any atom is 0.364 e. The number of ether oxygens (including phenoxy) is 1. The molecule has 0 radical (unpaired) electrons. The normalized spacial score (nSPS) is 11.1. The Labute approximate surface area is 90.4 Å². The Hall–Kier alpha value is -0.750. The minimum absolute atomic E-state index is 0.161. The van der Waals surface area contributed by atoms with Gasteiger partial charge in [0, 0.05) is 5.75 Å². The zero-order valence-electron chi connectivity index (χ0n) is 7.53. The number of Topliss-reactive ketones (excluding diaryl/α,β-unsaturated/α-hetero) is 1. The Morgan fingerprint density at radius 1 is 1.57 bits per heavy atom. The monoisotopic (exact) mass is 239 g/mol. The lowest BCUT2D eigenvalue weighted by Crippen LogP contribution is -2.28. The maximum absolute atomic E-state index is 11.0. The van der Waals surface area contributed by atoms with Crippen LogP contribution in [0.3, 0.4) is 0 Å². The van der Waals surface area contributed by atoms with E-state index in [2.05, 4.69) is 9.89 Å². The van der Waals surface area contributed by atoms with Crippen molar-refractivity contribution in [3.63, 3.8) is 0 Å². The largest absolute Gasteiger partial charge is 0.460 e. The molecule has 0 spiro atoms. The zero-order chi connectivity index (χ0) is 11.0. The fourth-order valence-electron chi connectivity index (χ4n) is 0.560. The van der Waals surface area contributed by atoms with Crippen molar-refractivity contribution < 1.29 is 19.5 Å². The third-order valence-corrected chi connectivity index (χ3v) is 2.02. The summed E-state index contributed by atoms with van der Waals surface area (Å²) < 4.78 is 4.63. The van der Waals surface area contributed by atoms with E-state index in [9.17, 15) is 9.59 Å². The lowest BCUT2D eigenvalue weighted by molar-refractivity contribution is -0.135. The number of rotatable bonds is 6. The van der Waals surface area contributed by atoms with E-state index in [0.717, 1.165) is 0 Å². The maximum atomic E-state index is 11.0. The van der Waals surface area contributed by atoms with Gasteiger partial charge < -0.3 is 9.94 Å². The van der Waals surface area contributed by atoms with Crippen LogP contribution in [0.1, 0.15) is 0 Å². The van der Waals surface area contributed by atoms with E-state index >= 15 is 0 Å². The second-order valence-electron chi connectivity index (χ2n) is 2.13. The number of alkyl halides is 1. The van der Waals surface area contributed by atoms with Crippen LogP contribution < -0.4 is 0 Å². The van der Waals surface area contributed by atoms with Gasteiger partial charge in [0.15, 0.2) is 0 Å². The van der Waals surface area contributed by atoms with Gasteiger partial charge >= 0.3 is 5.97 Å². The highest BCUT2D eigenvalue weighted by Crippen LogP contribution is 1.94. The predicted octanol–water partition coefficient (Wildman–Crippen LogP) is 0.531. The molecule has 0 aliphatic heterocycles. The number of nitrogens with zero attached hydrogens (tertiary/aromatic N) is 1. The third kappa shape index (κ3) is 4.48. The molecule has 0 heterocycles. The van der Waals surface area contributed by atoms with Gasteiger partial charge in [0.05, 0.1) is 5.88 Å². The summed E-state index contributed by atoms with van der Waals surface area (Å²) in [7, 11) is 0. The van der Waals surface area contributed by atoms with Crippen molar-refractivity contribution in [1.82, 2.24) is 0 Å². The van der Waals surface area contributed by atoms with E-state index in [1.54, 1.807) is 0 Å². The van der Waals surface area contributed by atoms with Crippen LogP contribution in [0.4, 0.5) is 0 Å². The molecule has 0 aromatic carbocycles. The number of hydrogen-bond donors (Lipinski definition) is 1. The lowest BCUT2D eigenvalue weighted by Gasteiger charge is -2.02. The lowest BCUT2D eigenvalue weighted by atomic mass is 10.3. The third-order valence-electron chi connectivity index (χ3n) is 1.20. The summed E-state index contributed by atoms with van der Waals surface area (Å²) in [6, 6.07) is 0. The summed E-state index contributed by atoms with van der Waals surface area (Å²) in [5.41, 5.74) is -0.666. The second kappa shape index (κ2) is 7.64. The highest BCUT2D eigenvalue weighted by molar-refractivity contribution is 7.98. The smallest absolute Gasteiger partial charge is 0.364 e. The Kier molecular flexibility index (Phi) is 7.23. The van der Waals surface area contributed by atoms with Gasteiger partial charge in [0.2, 0.25) is 11.5 Å². The van der Waals surface area contributed by atoms with Crippen LogP contribution >= 0.6 is 23.4 Å². The van der Waals surface area contributed by atoms with Gasteiger partial charge in [-0.05, 0) is 6.26 Å². The van der Waals surface area contributed by atoms with Crippen LogP contribution in [-0.4, -0.2) is 47.2 Å². The summed E-state index contributed by atoms with van der Waals surface area (Å²) in [5, 5.41) is 10.9. The Morgan fingerprint density at radius 3 is 2.64 bits per heavy atom. The highest BCUT2D eigenvalue weighted by Gasteiger charge is 2.21. The number of ketones is 1. The van der Waals surface area contributed by atoms with Gasteiger partial charge in [-0.2, -0.15) is 11.8 Å². The number of carbonyl (C=O) groups excluding carboxylic acids is 2. The minimum atomic E-state index is -0.952. The summed E-state index contributed by atoms with van der Waals surface area (Å²) in [4.78, 5) is 21.9. The van der Waals surface area contributed by atoms with Crippen LogP contribution in [0.25, 0.3) is 0 Å². The van der Waals surface area contributed by atoms with Crippen molar-refractivity contribution in [2.45, 2.75) is 0 Å². The van der Waals surface area contributed by atoms with E-state index < -0.39 is 23.3 Å². The van der Waals surface area contributed by atoms with E-state index in [4.69, 9.17) is 16.8 Å². The molecule has 0 saturated carbocycles. The number of thioether (sulfide) groups is 1. The second-order valence-corrected chi connectivity index (χ2v) is 3.39. The van der Waals surface area contributed by atoms with Gasteiger partial charge in [-0.3, -0.25) is 4.79 Å². The van der Waals surface area contributed by atoms with Crippen LogP contribution in [0.2, 0.25) is 0 Å². The number of hydrogen-bond acceptors (Lipinski definition) is 6. The highest BCUT2D eigenvalue weighted by atomic mass is 35.5. The molecule has 0 rings (SSSR count). The van der Waals surface area contributed by atoms with Crippen molar-refractivity contribution in [3.05, 3.63) is 0 Å². The molecule has 0 unspecified atom stereocenters. The molecule has 7 heteroatoms. The molecule has 0 bridgehead atoms. The van der Waals surface area contributed by atoms with Gasteiger partial charge in [-0.25, -0.2) is 4.79 Å². The van der Waals surface area contributed by atoms with Gasteiger partial charge in [-0.1, -0.05) is 5.16 Å². The molecule has 0 aliphatic carbocycles. The number of esters is 1. The first-order chi connectivity index (χ1) is 6.67. The topological polar surface area (TPSA) is 76.0 Å². The quantitative estimate of drug-likeness (QED) is 0.139. The molecule has 0 aromatic heterocycles. The van der Waals surface area contributed by atoms with Crippen molar-refractivity contribution in [2.24, 2.45) is 5.16 Å². The summed E-state index contributed by atoms with van der Waals surface area (Å²) in [5.74, 6) is -1.52. The van der Waals surface area contributed by atoms with Gasteiger partial charge in [-0.15, -0.1) is 11.6 Å². The van der Waals surface area contributed by atoms with Crippen LogP contribution in [0.15, 0.2) is 5.16 Å². The standard InChI is InChI=1S/C7H10ClNO4S/c1-14-3-2-13-7(11)6(9-12)5(10)4-8/h12H,2-4H2,1H3. The number of oxime groups is 1. The molecule has 80 valence electrons. The van der Waals surface area contributed by atoms with Crippen LogP contribution in [0, 0.1) is 0 Å². The number of halogens is 1. The van der Waals surface area contributed by atoms with Gasteiger partial charge in [0.1, 0.15) is 6.61 Å². The van der Waals surface area contributed by atoms with Crippen LogP contribution in [0.5, 0.6) is 0 Å². The minimum Gasteiger partial charge on any atom is -0.460 e. The molecule has 0 atom stereocenters. The summed E-state index contributed by atoms with van der Waals surface area (Å²) in [6.07, 6.45) is 1.85. The van der Waals surface area contributed by atoms with Gasteiger partial charge in [0.25, 0.3) is 0 Å². The SMILES string of the molecule is CSCCOC(=O)C(=NO)C(=O)CCl. The Balaban J connectivity index is 4.14. The first-order valence-electron chi connectivity index (χ1n) is 3.64. The molecular weight excluding hydrogens is 230 g/mol. The molecular formula is C7H10ClNO4S. The summed E-state index contributed by atoms with van der Waals surface area (Å²) >= 11 is 6.66. The molecule has 0 aliphatic rings. The fraction of sp³-hybridized carbons (Fsp3) is 0.571. The molecule has 5 nitrogen and oxygen atoms in total. The molecule has 14 heavy (non-hydrogen) atoms. The average Bonchev–Trinajstić information content (AvgIpc) is 2.19. The molecule has 0 aromatic rings. The molecule has 0 fully saturated rings. The fourth-order valence-corrected chi connectivity index (χ4v) is 0.936. The van der Waals surface area contributed by atoms with Crippen LogP contribution in [-0.2, 0) is 14.3 Å². The number of carbonyl (C=O) groups is 2. The van der Waals surface area contributed by atoms with Crippen molar-refractivity contribution >= 4 is 40.8 Å². The van der Waals surface area contributed by atoms with E-state index in [1.165, 1.54) is 11.8 Å². The summed E-state index contributed by atoms with van der Waals surface area (Å²) in [6.45, 7) is 0.161. The Bertz CT molecular complexity index is 244. The zero-order valence-corrected chi connectivity index (χ0v) is 9.10. The molecule has 1 N–H and O–H groups in total. The first-order valence-corrected chi connectivity index (χ1v) is 5.57. The predicted molar refractivity (Wildman–Crippen MR) is 54.3 cm³/mol. The average molecular weight is 240 g/mol. The van der Waals surface area contributed by atoms with E-state index in [0.29, 0.717) is 5.75 Å². The molecule has 0 amide bonds. The van der Waals surface area contributed by atoms with E-state index in [1.807, 2.05) is 6.26 Å². The molecule has 0 saturated heterocycles. The van der Waals surface area contributed by atoms with Crippen molar-refractivity contribution in [1.29, 1.82) is 0 Å². The van der Waals surface area contributed by atoms with Crippen molar-refractivity contribution in [3.8, 4) is 0 Å². The van der Waals surface area contributed by atoms with E-state index in [-0.39, 0.29) is 6.61 Å². The Morgan fingerprint density at radius 2 is 2.21 bits per heavy atom. The first kappa shape index (κ1) is 13.2. The van der Waals surface area contributed by atoms with Crippen molar-refractivity contribution in [2.75, 3.05) is 24.5 Å².